The fourth-order valence-corrected chi connectivity index (χ4v) is 4.82. The van der Waals surface area contributed by atoms with Gasteiger partial charge < -0.3 is 4.74 Å². The minimum atomic E-state index is -1.72. The zero-order chi connectivity index (χ0) is 22.6. The van der Waals surface area contributed by atoms with Gasteiger partial charge in [-0.15, -0.1) is 0 Å². The van der Waals surface area contributed by atoms with Crippen LogP contribution in [0.2, 0.25) is 0 Å². The van der Waals surface area contributed by atoms with E-state index >= 15 is 0 Å². The number of carbonyl (C=O) groups is 2. The summed E-state index contributed by atoms with van der Waals surface area (Å²) in [6, 6.07) is 3.84. The summed E-state index contributed by atoms with van der Waals surface area (Å²) in [4.78, 5) is 27.0. The third-order valence-electron chi connectivity index (χ3n) is 5.26. The van der Waals surface area contributed by atoms with E-state index in [9.17, 15) is 14.2 Å². The van der Waals surface area contributed by atoms with Crippen molar-refractivity contribution in [2.45, 2.75) is 92.8 Å². The SMILES string of the molecule is CCC(C)OC(=O)C(CC(C)CC(C)(C)C)(P=O)C(=O)c1c(C)cc(C)cc1C. The maximum absolute atomic E-state index is 13.8. The van der Waals surface area contributed by atoms with Crippen LogP contribution in [0.15, 0.2) is 12.1 Å². The average molecular weight is 421 g/mol. The van der Waals surface area contributed by atoms with E-state index in [0.717, 1.165) is 23.1 Å². The van der Waals surface area contributed by atoms with Gasteiger partial charge in [0.2, 0.25) is 5.16 Å². The topological polar surface area (TPSA) is 60.4 Å². The Balaban J connectivity index is 3.51. The second-order valence-electron chi connectivity index (χ2n) is 9.75. The number of esters is 1. The Bertz CT molecular complexity index is 740. The molecule has 3 unspecified atom stereocenters. The molecule has 0 spiro atoms. The van der Waals surface area contributed by atoms with Gasteiger partial charge in [-0.2, -0.15) is 0 Å². The summed E-state index contributed by atoms with van der Waals surface area (Å²) in [5.41, 5.74) is 3.14. The molecule has 1 aromatic rings. The smallest absolute Gasteiger partial charge is 0.332 e. The molecular formula is C24H37O4P. The van der Waals surface area contributed by atoms with E-state index in [0.29, 0.717) is 12.0 Å². The molecule has 3 atom stereocenters. The largest absolute Gasteiger partial charge is 0.461 e. The van der Waals surface area contributed by atoms with E-state index in [1.807, 2.05) is 46.8 Å². The molecule has 1 aromatic carbocycles. The Morgan fingerprint density at radius 1 is 1.03 bits per heavy atom. The second kappa shape index (κ2) is 9.98. The Morgan fingerprint density at radius 3 is 1.97 bits per heavy atom. The molecule has 0 fully saturated rings. The number of hydrogen-bond acceptors (Lipinski definition) is 4. The lowest BCUT2D eigenvalue weighted by atomic mass is 9.78. The Morgan fingerprint density at radius 2 is 1.55 bits per heavy atom. The summed E-state index contributed by atoms with van der Waals surface area (Å²) in [6.07, 6.45) is 1.29. The number of carbonyl (C=O) groups excluding carboxylic acids is 2. The minimum absolute atomic E-state index is 0.0240. The van der Waals surface area contributed by atoms with Crippen LogP contribution in [-0.2, 0) is 14.1 Å². The van der Waals surface area contributed by atoms with Crippen molar-refractivity contribution in [3.63, 3.8) is 0 Å². The van der Waals surface area contributed by atoms with E-state index in [-0.39, 0.29) is 23.9 Å². The van der Waals surface area contributed by atoms with E-state index in [1.54, 1.807) is 6.92 Å². The van der Waals surface area contributed by atoms with Crippen LogP contribution < -0.4 is 0 Å². The van der Waals surface area contributed by atoms with Gasteiger partial charge in [-0.1, -0.05) is 52.3 Å². The first-order valence-electron chi connectivity index (χ1n) is 10.5. The number of benzene rings is 1. The first-order chi connectivity index (χ1) is 13.3. The first kappa shape index (κ1) is 25.5. The molecule has 0 heterocycles. The summed E-state index contributed by atoms with van der Waals surface area (Å²) in [5, 5.41) is -1.72. The van der Waals surface area contributed by atoms with Gasteiger partial charge in [-0.3, -0.25) is 14.2 Å². The fraction of sp³-hybridized carbons (Fsp3) is 0.667. The lowest BCUT2D eigenvalue weighted by molar-refractivity contribution is -0.150. The summed E-state index contributed by atoms with van der Waals surface area (Å²) >= 11 is 0. The van der Waals surface area contributed by atoms with Crippen molar-refractivity contribution in [2.24, 2.45) is 11.3 Å². The summed E-state index contributed by atoms with van der Waals surface area (Å²) < 4.78 is 18.1. The van der Waals surface area contributed by atoms with Crippen LogP contribution in [0.1, 0.15) is 87.9 Å². The number of rotatable bonds is 9. The highest BCUT2D eigenvalue weighted by Gasteiger charge is 2.51. The Hall–Kier alpha value is -1.54. The predicted molar refractivity (Wildman–Crippen MR) is 119 cm³/mol. The molecule has 162 valence electrons. The van der Waals surface area contributed by atoms with E-state index in [4.69, 9.17) is 4.74 Å². The van der Waals surface area contributed by atoms with Gasteiger partial charge in [0.15, 0.2) is 14.2 Å². The third kappa shape index (κ3) is 6.47. The highest BCUT2D eigenvalue weighted by atomic mass is 31.1. The van der Waals surface area contributed by atoms with Crippen LogP contribution in [0.25, 0.3) is 0 Å². The maximum Gasteiger partial charge on any atom is 0.332 e. The molecule has 0 saturated carbocycles. The predicted octanol–water partition coefficient (Wildman–Crippen LogP) is 6.63. The van der Waals surface area contributed by atoms with Crippen molar-refractivity contribution in [1.29, 1.82) is 0 Å². The van der Waals surface area contributed by atoms with Crippen LogP contribution in [0.4, 0.5) is 0 Å². The maximum atomic E-state index is 13.8. The van der Waals surface area contributed by atoms with E-state index in [2.05, 4.69) is 20.8 Å². The quantitative estimate of drug-likeness (QED) is 0.195. The van der Waals surface area contributed by atoms with E-state index in [1.165, 1.54) is 0 Å². The van der Waals surface area contributed by atoms with Gasteiger partial charge in [0.05, 0.1) is 6.10 Å². The van der Waals surface area contributed by atoms with Gasteiger partial charge in [-0.05, 0) is 69.4 Å². The van der Waals surface area contributed by atoms with Gasteiger partial charge in [0, 0.05) is 5.56 Å². The molecule has 5 heteroatoms. The molecular weight excluding hydrogens is 383 g/mol. The van der Waals surface area contributed by atoms with Gasteiger partial charge in [0.25, 0.3) is 0 Å². The fourth-order valence-electron chi connectivity index (χ4n) is 4.12. The molecule has 1 rings (SSSR count). The molecule has 0 bridgehead atoms. The van der Waals surface area contributed by atoms with Crippen LogP contribution in [0.5, 0.6) is 0 Å². The summed E-state index contributed by atoms with van der Waals surface area (Å²) in [5.74, 6) is -1.07. The Labute approximate surface area is 178 Å². The number of aryl methyl sites for hydroxylation is 3. The van der Waals surface area contributed by atoms with Crippen LogP contribution >= 0.6 is 8.46 Å². The van der Waals surface area contributed by atoms with Crippen LogP contribution in [0, 0.1) is 32.1 Å². The van der Waals surface area contributed by atoms with Gasteiger partial charge in [-0.25, -0.2) is 0 Å². The third-order valence-corrected chi connectivity index (χ3v) is 6.14. The van der Waals surface area contributed by atoms with Crippen molar-refractivity contribution in [1.82, 2.24) is 0 Å². The monoisotopic (exact) mass is 420 g/mol. The lowest BCUT2D eigenvalue weighted by Crippen LogP contribution is -2.46. The minimum Gasteiger partial charge on any atom is -0.461 e. The number of ether oxygens (including phenoxy) is 1. The molecule has 4 nitrogen and oxygen atoms in total. The zero-order valence-electron chi connectivity index (χ0n) is 19.5. The van der Waals surface area contributed by atoms with Crippen molar-refractivity contribution in [2.75, 3.05) is 0 Å². The molecule has 0 aliphatic heterocycles. The molecule has 0 aliphatic carbocycles. The number of Topliss-reactive ketones (excluding diaryl/α,β-unsaturated/α-hetero) is 1. The summed E-state index contributed by atoms with van der Waals surface area (Å²) in [7, 11) is -0.508. The van der Waals surface area contributed by atoms with Crippen molar-refractivity contribution >= 4 is 20.2 Å². The number of ketones is 1. The number of hydrogen-bond donors (Lipinski definition) is 0. The molecule has 0 aliphatic rings. The highest BCUT2D eigenvalue weighted by Crippen LogP contribution is 2.40. The summed E-state index contributed by atoms with van der Waals surface area (Å²) in [6.45, 7) is 17.7. The highest BCUT2D eigenvalue weighted by molar-refractivity contribution is 7.30. The van der Waals surface area contributed by atoms with Crippen LogP contribution in [-0.4, -0.2) is 23.0 Å². The van der Waals surface area contributed by atoms with E-state index < -0.39 is 25.4 Å². The standard InChI is InChI=1S/C24H37O4P/c1-10-19(6)28-22(26)24(29-27,14-16(3)13-23(7,8)9)21(25)20-17(4)11-15(2)12-18(20)5/h11-12,16,19H,10,13-14H2,1-9H3. The first-order valence-corrected chi connectivity index (χ1v) is 11.3. The van der Waals surface area contributed by atoms with Crippen molar-refractivity contribution in [3.05, 3.63) is 34.4 Å². The van der Waals surface area contributed by atoms with Crippen LogP contribution in [0.3, 0.4) is 0 Å². The second-order valence-corrected chi connectivity index (χ2v) is 10.7. The lowest BCUT2D eigenvalue weighted by Gasteiger charge is -2.31. The average Bonchev–Trinajstić information content (AvgIpc) is 2.56. The zero-order valence-corrected chi connectivity index (χ0v) is 20.4. The van der Waals surface area contributed by atoms with Gasteiger partial charge >= 0.3 is 5.97 Å². The molecule has 0 amide bonds. The molecule has 0 aromatic heterocycles. The molecule has 0 N–H and O–H groups in total. The Kier molecular flexibility index (Phi) is 8.77. The normalized spacial score (nSPS) is 16.2. The van der Waals surface area contributed by atoms with Gasteiger partial charge in [0.1, 0.15) is 0 Å². The molecule has 0 saturated heterocycles. The van der Waals surface area contributed by atoms with Crippen molar-refractivity contribution in [3.8, 4) is 0 Å². The molecule has 29 heavy (non-hydrogen) atoms. The van der Waals surface area contributed by atoms with Crippen molar-refractivity contribution < 1.29 is 18.9 Å². The molecule has 0 radical (unpaired) electrons.